The molecule has 1 atom stereocenters. The standard InChI is InChI=1S/C14H18F2N4O4S/c1-6-9(7(2)19-14(18-6)25-12(15)16)4-5-10(21)24-8(3)11(22)20-13(17)23/h8,12H,4-5H2,1-3H3,(H3,17,20,22,23)/t8-/m1/s1. The third-order valence-electron chi connectivity index (χ3n) is 3.10. The topological polar surface area (TPSA) is 124 Å². The minimum absolute atomic E-state index is 0.0342. The average Bonchev–Trinajstić information content (AvgIpc) is 2.44. The largest absolute Gasteiger partial charge is 0.453 e. The quantitative estimate of drug-likeness (QED) is 0.419. The Morgan fingerprint density at radius 2 is 1.80 bits per heavy atom. The molecule has 0 aliphatic rings. The first-order valence-corrected chi connectivity index (χ1v) is 8.06. The van der Waals surface area contributed by atoms with E-state index in [-0.39, 0.29) is 29.8 Å². The van der Waals surface area contributed by atoms with Gasteiger partial charge >= 0.3 is 12.0 Å². The van der Waals surface area contributed by atoms with Gasteiger partial charge in [0.1, 0.15) is 0 Å². The van der Waals surface area contributed by atoms with Gasteiger partial charge in [-0.3, -0.25) is 14.9 Å². The maximum Gasteiger partial charge on any atom is 0.318 e. The number of halogens is 2. The van der Waals surface area contributed by atoms with Crippen molar-refractivity contribution in [3.05, 3.63) is 17.0 Å². The molecule has 0 saturated carbocycles. The molecule has 0 aliphatic heterocycles. The van der Waals surface area contributed by atoms with Crippen LogP contribution in [0.3, 0.4) is 0 Å². The maximum atomic E-state index is 12.4. The molecular weight excluding hydrogens is 358 g/mol. The molecule has 1 aromatic rings. The van der Waals surface area contributed by atoms with Gasteiger partial charge in [-0.15, -0.1) is 0 Å². The number of rotatable bonds is 7. The van der Waals surface area contributed by atoms with Crippen molar-refractivity contribution in [1.82, 2.24) is 15.3 Å². The zero-order chi connectivity index (χ0) is 19.1. The summed E-state index contributed by atoms with van der Waals surface area (Å²) in [6.45, 7) is 4.56. The highest BCUT2D eigenvalue weighted by Crippen LogP contribution is 2.24. The molecule has 1 rings (SSSR count). The lowest BCUT2D eigenvalue weighted by Gasteiger charge is -2.13. The Kier molecular flexibility index (Phi) is 7.68. The molecule has 25 heavy (non-hydrogen) atoms. The van der Waals surface area contributed by atoms with E-state index in [0.717, 1.165) is 0 Å². The second-order valence-corrected chi connectivity index (χ2v) is 5.98. The molecule has 0 spiro atoms. The smallest absolute Gasteiger partial charge is 0.318 e. The summed E-state index contributed by atoms with van der Waals surface area (Å²) in [7, 11) is 0. The predicted octanol–water partition coefficient (Wildman–Crippen LogP) is 1.47. The second-order valence-electron chi connectivity index (χ2n) is 5.02. The van der Waals surface area contributed by atoms with Crippen LogP contribution in [0.5, 0.6) is 0 Å². The van der Waals surface area contributed by atoms with E-state index in [1.165, 1.54) is 6.92 Å². The number of carbonyl (C=O) groups excluding carboxylic acids is 3. The second kappa shape index (κ2) is 9.25. The number of hydrogen-bond acceptors (Lipinski definition) is 7. The number of urea groups is 1. The van der Waals surface area contributed by atoms with Crippen LogP contribution in [0.25, 0.3) is 0 Å². The fourth-order valence-electron chi connectivity index (χ4n) is 1.96. The van der Waals surface area contributed by atoms with Gasteiger partial charge in [0.2, 0.25) is 0 Å². The number of thioether (sulfide) groups is 1. The Morgan fingerprint density at radius 3 is 2.28 bits per heavy atom. The number of alkyl halides is 2. The predicted molar refractivity (Wildman–Crippen MR) is 85.0 cm³/mol. The Morgan fingerprint density at radius 1 is 1.24 bits per heavy atom. The number of hydrogen-bond donors (Lipinski definition) is 2. The first kappa shape index (κ1) is 20.7. The summed E-state index contributed by atoms with van der Waals surface area (Å²) in [4.78, 5) is 41.7. The van der Waals surface area contributed by atoms with Crippen LogP contribution in [0.15, 0.2) is 5.16 Å². The van der Waals surface area contributed by atoms with E-state index < -0.39 is 29.8 Å². The Bertz CT molecular complexity index is 649. The SMILES string of the molecule is Cc1nc(SC(F)F)nc(C)c1CCC(=O)O[C@H](C)C(=O)NC(N)=O. The van der Waals surface area contributed by atoms with Crippen LogP contribution in [-0.4, -0.2) is 39.7 Å². The van der Waals surface area contributed by atoms with Gasteiger partial charge in [-0.25, -0.2) is 14.8 Å². The Labute approximate surface area is 146 Å². The molecule has 11 heteroatoms. The summed E-state index contributed by atoms with van der Waals surface area (Å²) >= 11 is 0.247. The molecule has 0 unspecified atom stereocenters. The lowest BCUT2D eigenvalue weighted by molar-refractivity contribution is -0.154. The van der Waals surface area contributed by atoms with Crippen LogP contribution < -0.4 is 11.1 Å². The molecule has 3 amide bonds. The molecule has 0 aliphatic carbocycles. The van der Waals surface area contributed by atoms with Gasteiger partial charge < -0.3 is 10.5 Å². The summed E-state index contributed by atoms with van der Waals surface area (Å²) < 4.78 is 29.6. The molecule has 1 aromatic heterocycles. The molecule has 0 bridgehead atoms. The lowest BCUT2D eigenvalue weighted by Crippen LogP contribution is -2.42. The fourth-order valence-corrected chi connectivity index (χ4v) is 2.50. The van der Waals surface area contributed by atoms with E-state index in [4.69, 9.17) is 10.5 Å². The number of esters is 1. The van der Waals surface area contributed by atoms with Gasteiger partial charge in [0.15, 0.2) is 11.3 Å². The number of primary amides is 1. The number of nitrogens with zero attached hydrogens (tertiary/aromatic N) is 2. The van der Waals surface area contributed by atoms with Crippen molar-refractivity contribution in [2.45, 2.75) is 50.6 Å². The van der Waals surface area contributed by atoms with Crippen LogP contribution in [-0.2, 0) is 20.7 Å². The van der Waals surface area contributed by atoms with Gasteiger partial charge in [0.05, 0.1) is 0 Å². The summed E-state index contributed by atoms with van der Waals surface area (Å²) in [6, 6.07) is -1.04. The van der Waals surface area contributed by atoms with Crippen molar-refractivity contribution in [1.29, 1.82) is 0 Å². The van der Waals surface area contributed by atoms with Gasteiger partial charge in [-0.1, -0.05) is 0 Å². The number of aromatic nitrogens is 2. The van der Waals surface area contributed by atoms with E-state index in [2.05, 4.69) is 9.97 Å². The summed E-state index contributed by atoms with van der Waals surface area (Å²) in [5.74, 6) is -4.12. The van der Waals surface area contributed by atoms with Gasteiger partial charge in [0, 0.05) is 17.8 Å². The van der Waals surface area contributed by atoms with Crippen LogP contribution in [0.4, 0.5) is 13.6 Å². The molecule has 0 aromatic carbocycles. The zero-order valence-corrected chi connectivity index (χ0v) is 14.7. The molecule has 8 nitrogen and oxygen atoms in total. The van der Waals surface area contributed by atoms with Crippen molar-refractivity contribution in [3.8, 4) is 0 Å². The highest BCUT2D eigenvalue weighted by molar-refractivity contribution is 7.99. The van der Waals surface area contributed by atoms with Crippen LogP contribution in [0.1, 0.15) is 30.3 Å². The van der Waals surface area contributed by atoms with E-state index in [1.807, 2.05) is 0 Å². The Hall–Kier alpha value is -2.30. The van der Waals surface area contributed by atoms with E-state index in [1.54, 1.807) is 19.2 Å². The van der Waals surface area contributed by atoms with Crippen LogP contribution in [0, 0.1) is 13.8 Å². The number of imide groups is 1. The molecular formula is C14H18F2N4O4S. The molecule has 0 radical (unpaired) electrons. The van der Waals surface area contributed by atoms with Crippen LogP contribution >= 0.6 is 11.8 Å². The summed E-state index contributed by atoms with van der Waals surface area (Å²) in [6.07, 6.45) is -1.02. The zero-order valence-electron chi connectivity index (χ0n) is 13.8. The van der Waals surface area contributed by atoms with Crippen LogP contribution in [0.2, 0.25) is 0 Å². The molecule has 3 N–H and O–H groups in total. The lowest BCUT2D eigenvalue weighted by atomic mass is 10.1. The van der Waals surface area contributed by atoms with Crippen molar-refractivity contribution in [3.63, 3.8) is 0 Å². The number of carbonyl (C=O) groups is 3. The first-order chi connectivity index (χ1) is 11.6. The molecule has 1 heterocycles. The van der Waals surface area contributed by atoms with E-state index in [0.29, 0.717) is 17.0 Å². The first-order valence-electron chi connectivity index (χ1n) is 7.18. The number of aryl methyl sites for hydroxylation is 2. The van der Waals surface area contributed by atoms with Gasteiger partial charge in [-0.05, 0) is 44.5 Å². The summed E-state index contributed by atoms with van der Waals surface area (Å²) in [5.41, 5.74) is 6.42. The van der Waals surface area contributed by atoms with E-state index >= 15 is 0 Å². The van der Waals surface area contributed by atoms with Gasteiger partial charge in [-0.2, -0.15) is 8.78 Å². The number of amides is 3. The Balaban J connectivity index is 2.64. The van der Waals surface area contributed by atoms with E-state index in [9.17, 15) is 23.2 Å². The minimum Gasteiger partial charge on any atom is -0.453 e. The number of nitrogens with two attached hydrogens (primary N) is 1. The molecule has 138 valence electrons. The highest BCUT2D eigenvalue weighted by atomic mass is 32.2. The number of nitrogens with one attached hydrogen (secondary N) is 1. The van der Waals surface area contributed by atoms with Gasteiger partial charge in [0.25, 0.3) is 11.7 Å². The number of ether oxygens (including phenoxy) is 1. The molecule has 0 fully saturated rings. The third kappa shape index (κ3) is 6.99. The normalized spacial score (nSPS) is 11.9. The average molecular weight is 376 g/mol. The maximum absolute atomic E-state index is 12.4. The van der Waals surface area contributed by atoms with Crippen molar-refractivity contribution < 1.29 is 27.9 Å². The van der Waals surface area contributed by atoms with Crippen molar-refractivity contribution in [2.24, 2.45) is 5.73 Å². The minimum atomic E-state index is -2.62. The highest BCUT2D eigenvalue weighted by Gasteiger charge is 2.20. The summed E-state index contributed by atoms with van der Waals surface area (Å²) in [5, 5.41) is 1.77. The fraction of sp³-hybridized carbons (Fsp3) is 0.500. The monoisotopic (exact) mass is 376 g/mol. The van der Waals surface area contributed by atoms with Crippen molar-refractivity contribution in [2.75, 3.05) is 0 Å². The third-order valence-corrected chi connectivity index (χ3v) is 3.67. The van der Waals surface area contributed by atoms with Crippen molar-refractivity contribution >= 4 is 29.7 Å². The molecule has 0 saturated heterocycles.